The summed E-state index contributed by atoms with van der Waals surface area (Å²) in [5, 5.41) is 19.9. The summed E-state index contributed by atoms with van der Waals surface area (Å²) in [4.78, 5) is 10.9. The number of primary amides is 1. The van der Waals surface area contributed by atoms with E-state index in [0.717, 1.165) is 12.8 Å². The van der Waals surface area contributed by atoms with Crippen molar-refractivity contribution in [3.05, 3.63) is 0 Å². The first-order valence-corrected chi connectivity index (χ1v) is 7.88. The number of carbonyl (C=O) groups is 1. The zero-order valence-electron chi connectivity index (χ0n) is 11.2. The fourth-order valence-electron chi connectivity index (χ4n) is 2.65. The molecule has 1 aliphatic heterocycles. The highest BCUT2D eigenvalue weighted by Gasteiger charge is 2.45. The SMILES string of the molecule is [B][C@H]1OC([C@@H]2CCC2SCC(N)C(N)=O)[C@@H](O)CC1O. The predicted octanol–water partition coefficient (Wildman–Crippen LogP) is -1.68. The summed E-state index contributed by atoms with van der Waals surface area (Å²) < 4.78 is 5.54. The van der Waals surface area contributed by atoms with E-state index >= 15 is 0 Å². The first kappa shape index (κ1) is 16.1. The number of carbonyl (C=O) groups excluding carboxylic acids is 1. The Morgan fingerprint density at radius 1 is 1.40 bits per heavy atom. The highest BCUT2D eigenvalue weighted by atomic mass is 32.2. The first-order chi connectivity index (χ1) is 9.40. The number of amides is 1. The summed E-state index contributed by atoms with van der Waals surface area (Å²) in [7, 11) is 5.68. The monoisotopic (exact) mass is 300 g/mol. The van der Waals surface area contributed by atoms with E-state index in [2.05, 4.69) is 0 Å². The number of thioether (sulfide) groups is 1. The third kappa shape index (κ3) is 3.48. The maximum absolute atomic E-state index is 10.9. The Balaban J connectivity index is 1.85. The maximum atomic E-state index is 10.9. The van der Waals surface area contributed by atoms with Crippen LogP contribution in [0.5, 0.6) is 0 Å². The second kappa shape index (κ2) is 6.66. The summed E-state index contributed by atoms with van der Waals surface area (Å²) in [6, 6.07) is -1.40. The van der Waals surface area contributed by atoms with E-state index in [-0.39, 0.29) is 23.7 Å². The molecule has 1 saturated heterocycles. The second-order valence-electron chi connectivity index (χ2n) is 5.56. The van der Waals surface area contributed by atoms with E-state index in [4.69, 9.17) is 24.1 Å². The third-order valence-corrected chi connectivity index (χ3v) is 5.66. The van der Waals surface area contributed by atoms with Crippen molar-refractivity contribution in [3.63, 3.8) is 0 Å². The quantitative estimate of drug-likeness (QED) is 0.450. The third-order valence-electron chi connectivity index (χ3n) is 4.10. The predicted molar refractivity (Wildman–Crippen MR) is 77.2 cm³/mol. The van der Waals surface area contributed by atoms with Gasteiger partial charge in [-0.3, -0.25) is 4.79 Å². The molecule has 6 nitrogen and oxygen atoms in total. The van der Waals surface area contributed by atoms with Gasteiger partial charge in [-0.1, -0.05) is 0 Å². The van der Waals surface area contributed by atoms with Gasteiger partial charge in [-0.25, -0.2) is 0 Å². The van der Waals surface area contributed by atoms with Crippen molar-refractivity contribution >= 4 is 25.5 Å². The van der Waals surface area contributed by atoms with Crippen LogP contribution in [0.15, 0.2) is 0 Å². The summed E-state index contributed by atoms with van der Waals surface area (Å²) in [5.41, 5.74) is 10.7. The molecule has 1 aliphatic carbocycles. The average molecular weight is 300 g/mol. The van der Waals surface area contributed by atoms with Crippen LogP contribution in [0.1, 0.15) is 19.3 Å². The van der Waals surface area contributed by atoms with E-state index < -0.39 is 30.2 Å². The molecular weight excluding hydrogens is 279 g/mol. The standard InChI is InChI=1S/C12H21BN2O4S/c13-11-8(17)3-7(16)10(19-11)5-1-2-9(5)20-4-6(14)12(15)18/h5-11,16-17H,1-4,14H2,(H2,15,18)/t5-,6?,7+,8?,9?,10?,11+/m1/s1. The number of hydrogen-bond acceptors (Lipinski definition) is 6. The van der Waals surface area contributed by atoms with Crippen LogP contribution >= 0.6 is 11.8 Å². The highest BCUT2D eigenvalue weighted by molar-refractivity contribution is 8.00. The van der Waals surface area contributed by atoms with Gasteiger partial charge in [-0.2, -0.15) is 11.8 Å². The van der Waals surface area contributed by atoms with Crippen molar-refractivity contribution in [3.8, 4) is 0 Å². The van der Waals surface area contributed by atoms with Crippen molar-refractivity contribution in [1.82, 2.24) is 0 Å². The molecular formula is C12H21BN2O4S. The largest absolute Gasteiger partial charge is 0.391 e. The summed E-state index contributed by atoms with van der Waals surface area (Å²) in [6.45, 7) is 0. The molecule has 2 fully saturated rings. The van der Waals surface area contributed by atoms with E-state index in [1.807, 2.05) is 0 Å². The van der Waals surface area contributed by atoms with E-state index in [9.17, 15) is 15.0 Å². The molecule has 2 aliphatic rings. The van der Waals surface area contributed by atoms with Crippen molar-refractivity contribution in [2.75, 3.05) is 5.75 Å². The molecule has 6 N–H and O–H groups in total. The van der Waals surface area contributed by atoms with Gasteiger partial charge in [0, 0.05) is 23.4 Å². The Morgan fingerprint density at radius 2 is 2.10 bits per heavy atom. The molecule has 4 unspecified atom stereocenters. The fourth-order valence-corrected chi connectivity index (χ4v) is 4.11. The molecule has 1 heterocycles. The van der Waals surface area contributed by atoms with E-state index in [1.54, 1.807) is 11.8 Å². The molecule has 0 aromatic carbocycles. The lowest BCUT2D eigenvalue weighted by molar-refractivity contribution is -0.167. The van der Waals surface area contributed by atoms with Gasteiger partial charge in [0.15, 0.2) is 0 Å². The average Bonchev–Trinajstić information content (AvgIpc) is 2.34. The lowest BCUT2D eigenvalue weighted by Crippen LogP contribution is -2.55. The minimum Gasteiger partial charge on any atom is -0.391 e. The van der Waals surface area contributed by atoms with Crippen LogP contribution in [0, 0.1) is 5.92 Å². The number of hydrogen-bond donors (Lipinski definition) is 4. The topological polar surface area (TPSA) is 119 Å². The van der Waals surface area contributed by atoms with Crippen LogP contribution in [-0.2, 0) is 9.53 Å². The molecule has 2 radical (unpaired) electrons. The molecule has 0 bridgehead atoms. The minimum atomic E-state index is -0.823. The molecule has 8 heteroatoms. The Labute approximate surface area is 124 Å². The van der Waals surface area contributed by atoms with Gasteiger partial charge in [0.05, 0.1) is 24.4 Å². The fraction of sp³-hybridized carbons (Fsp3) is 0.917. The van der Waals surface area contributed by atoms with Gasteiger partial charge in [0.25, 0.3) is 0 Å². The Kier molecular flexibility index (Phi) is 5.36. The van der Waals surface area contributed by atoms with Crippen LogP contribution in [0.25, 0.3) is 0 Å². The zero-order chi connectivity index (χ0) is 14.9. The zero-order valence-corrected chi connectivity index (χ0v) is 12.0. The summed E-state index contributed by atoms with van der Waals surface area (Å²) in [5.74, 6) is 0.134. The molecule has 2 rings (SSSR count). The lowest BCUT2D eigenvalue weighted by atomic mass is 9.75. The molecule has 20 heavy (non-hydrogen) atoms. The molecule has 1 amide bonds. The number of aliphatic hydroxyl groups is 2. The van der Waals surface area contributed by atoms with Crippen LogP contribution < -0.4 is 11.5 Å². The molecule has 0 aromatic rings. The number of rotatable bonds is 5. The van der Waals surface area contributed by atoms with Crippen LogP contribution in [0.3, 0.4) is 0 Å². The molecule has 0 aromatic heterocycles. The molecule has 7 atom stereocenters. The van der Waals surface area contributed by atoms with Crippen LogP contribution in [0.4, 0.5) is 0 Å². The Morgan fingerprint density at radius 3 is 2.65 bits per heavy atom. The van der Waals surface area contributed by atoms with Gasteiger partial charge < -0.3 is 26.4 Å². The van der Waals surface area contributed by atoms with Crippen molar-refractivity contribution < 1.29 is 19.7 Å². The van der Waals surface area contributed by atoms with Gasteiger partial charge in [-0.15, -0.1) is 0 Å². The number of aliphatic hydroxyl groups excluding tert-OH is 2. The molecule has 1 saturated carbocycles. The van der Waals surface area contributed by atoms with Gasteiger partial charge in [0.1, 0.15) is 7.85 Å². The second-order valence-corrected chi connectivity index (χ2v) is 6.83. The highest BCUT2D eigenvalue weighted by Crippen LogP contribution is 2.43. The van der Waals surface area contributed by atoms with Crippen LogP contribution in [-0.4, -0.2) is 65.3 Å². The lowest BCUT2D eigenvalue weighted by Gasteiger charge is -2.47. The normalized spacial score (nSPS) is 42.8. The van der Waals surface area contributed by atoms with E-state index in [0.29, 0.717) is 5.75 Å². The summed E-state index contributed by atoms with van der Waals surface area (Å²) in [6.07, 6.45) is 0.280. The van der Waals surface area contributed by atoms with Gasteiger partial charge >= 0.3 is 0 Å². The van der Waals surface area contributed by atoms with Gasteiger partial charge in [0.2, 0.25) is 5.91 Å². The summed E-state index contributed by atoms with van der Waals surface area (Å²) >= 11 is 1.59. The first-order valence-electron chi connectivity index (χ1n) is 6.83. The van der Waals surface area contributed by atoms with E-state index in [1.165, 1.54) is 0 Å². The smallest absolute Gasteiger partial charge is 0.235 e. The van der Waals surface area contributed by atoms with Crippen molar-refractivity contribution in [2.45, 2.75) is 54.9 Å². The molecule has 0 spiro atoms. The number of ether oxygens (including phenoxy) is 1. The van der Waals surface area contributed by atoms with Gasteiger partial charge in [-0.05, 0) is 18.8 Å². The Bertz CT molecular complexity index is 362. The van der Waals surface area contributed by atoms with Crippen LogP contribution in [0.2, 0.25) is 0 Å². The Hall–Kier alpha value is -0.275. The maximum Gasteiger partial charge on any atom is 0.235 e. The minimum absolute atomic E-state index is 0.175. The van der Waals surface area contributed by atoms with Crippen molar-refractivity contribution in [2.24, 2.45) is 17.4 Å². The molecule has 112 valence electrons. The number of nitrogens with two attached hydrogens (primary N) is 2. The van der Waals surface area contributed by atoms with Crippen molar-refractivity contribution in [1.29, 1.82) is 0 Å².